The van der Waals surface area contributed by atoms with E-state index in [9.17, 15) is 4.79 Å². The van der Waals surface area contributed by atoms with Crippen molar-refractivity contribution in [3.63, 3.8) is 0 Å². The van der Waals surface area contributed by atoms with Crippen LogP contribution in [-0.2, 0) is 0 Å². The number of aromatic nitrogens is 2. The summed E-state index contributed by atoms with van der Waals surface area (Å²) in [6.45, 7) is 1.39. The molecule has 0 radical (unpaired) electrons. The maximum atomic E-state index is 12.5. The Morgan fingerprint density at radius 2 is 1.94 bits per heavy atom. The molecule has 1 fully saturated rings. The van der Waals surface area contributed by atoms with Gasteiger partial charge in [-0.1, -0.05) is 24.3 Å². The number of rotatable bonds is 4. The number of hydrogen-bond acceptors (Lipinski definition) is 6. The zero-order chi connectivity index (χ0) is 21.9. The number of urea groups is 1. The number of fused-ring (bicyclic) bond motifs is 1. The highest BCUT2D eigenvalue weighted by Gasteiger charge is 2.23. The van der Waals surface area contributed by atoms with E-state index in [0.717, 1.165) is 24.0 Å². The summed E-state index contributed by atoms with van der Waals surface area (Å²) in [5.74, 6) is 3.00. The molecule has 2 amide bonds. The first kappa shape index (κ1) is 20.5. The second-order valence-electron chi connectivity index (χ2n) is 7.60. The lowest BCUT2D eigenvalue weighted by Crippen LogP contribution is -2.44. The lowest BCUT2D eigenvalue weighted by molar-refractivity contribution is 0.197. The van der Waals surface area contributed by atoms with Crippen molar-refractivity contribution >= 4 is 50.4 Å². The summed E-state index contributed by atoms with van der Waals surface area (Å²) in [5.41, 5.74) is 6.42. The molecular weight excluding hydrogens is 438 g/mol. The third-order valence-electron chi connectivity index (χ3n) is 5.57. The van der Waals surface area contributed by atoms with Gasteiger partial charge < -0.3 is 10.2 Å². The van der Waals surface area contributed by atoms with Crippen LogP contribution < -0.4 is 10.6 Å². The molecule has 160 valence electrons. The Balaban J connectivity index is 1.16. The normalized spacial score (nSPS) is 14.3. The van der Waals surface area contributed by atoms with Crippen LogP contribution in [-0.4, -0.2) is 40.0 Å². The molecule has 2 N–H and O–H groups in total. The molecule has 4 aromatic rings. The second-order valence-corrected chi connectivity index (χ2v) is 9.31. The van der Waals surface area contributed by atoms with Crippen LogP contribution in [0.1, 0.15) is 17.8 Å². The summed E-state index contributed by atoms with van der Waals surface area (Å²) in [4.78, 5) is 22.9. The molecule has 0 bridgehead atoms. The fraction of sp³-hybridized carbons (Fsp3) is 0.208. The van der Waals surface area contributed by atoms with E-state index in [2.05, 4.69) is 62.9 Å². The summed E-state index contributed by atoms with van der Waals surface area (Å²) in [5, 5.41) is 8.77. The first-order valence-electron chi connectivity index (χ1n) is 10.4. The number of carbonyl (C=O) groups is 1. The number of benzene rings is 2. The van der Waals surface area contributed by atoms with Gasteiger partial charge in [0, 0.05) is 35.8 Å². The summed E-state index contributed by atoms with van der Waals surface area (Å²) in [6, 6.07) is 15.0. The van der Waals surface area contributed by atoms with E-state index in [-0.39, 0.29) is 6.03 Å². The van der Waals surface area contributed by atoms with Crippen molar-refractivity contribution in [3.05, 3.63) is 58.4 Å². The van der Waals surface area contributed by atoms with E-state index in [1.165, 1.54) is 27.2 Å². The summed E-state index contributed by atoms with van der Waals surface area (Å²) in [7, 11) is 0. The monoisotopic (exact) mass is 459 g/mol. The number of nitrogens with zero attached hydrogens (tertiary/aromatic N) is 3. The van der Waals surface area contributed by atoms with Crippen molar-refractivity contribution in [2.75, 3.05) is 23.7 Å². The van der Waals surface area contributed by atoms with E-state index < -0.39 is 0 Å². The van der Waals surface area contributed by atoms with Gasteiger partial charge in [-0.05, 0) is 42.5 Å². The number of carbonyl (C=O) groups excluding carboxylic acids is 1. The number of amides is 2. The molecule has 32 heavy (non-hydrogen) atoms. The van der Waals surface area contributed by atoms with Crippen molar-refractivity contribution < 1.29 is 4.79 Å². The van der Waals surface area contributed by atoms with Crippen LogP contribution >= 0.6 is 22.7 Å². The lowest BCUT2D eigenvalue weighted by atomic mass is 10.0. The molecule has 0 atom stereocenters. The molecule has 1 aliphatic heterocycles. The van der Waals surface area contributed by atoms with Gasteiger partial charge in [-0.2, -0.15) is 0 Å². The van der Waals surface area contributed by atoms with Gasteiger partial charge in [0.15, 0.2) is 5.01 Å². The maximum absolute atomic E-state index is 12.5. The van der Waals surface area contributed by atoms with Gasteiger partial charge >= 0.3 is 6.03 Å². The molecule has 0 unspecified atom stereocenters. The van der Waals surface area contributed by atoms with Crippen LogP contribution in [0.4, 0.5) is 16.3 Å². The maximum Gasteiger partial charge on any atom is 0.323 e. The van der Waals surface area contributed by atoms with Crippen molar-refractivity contribution in [1.29, 1.82) is 0 Å². The molecule has 0 aliphatic carbocycles. The Labute approximate surface area is 194 Å². The van der Waals surface area contributed by atoms with Crippen LogP contribution in [0.3, 0.4) is 0 Å². The summed E-state index contributed by atoms with van der Waals surface area (Å²) in [6.07, 6.45) is 7.12. The number of thiazole rings is 2. The van der Waals surface area contributed by atoms with Crippen LogP contribution in [0.5, 0.6) is 0 Å². The standard InChI is InChI=1S/C24H21N5OS2/c1-2-22-27-21(14-31-22)28-24(30)29-12-10-18(11-13-29)26-17-8-6-16(7-9-17)19-4-3-5-20-23(19)32-15-25-20/h1,3-9,14-15,18,26H,10-13H2,(H,28,30). The van der Waals surface area contributed by atoms with Gasteiger partial charge in [0.2, 0.25) is 0 Å². The van der Waals surface area contributed by atoms with Crippen LogP contribution in [0, 0.1) is 12.3 Å². The molecule has 2 aromatic carbocycles. The van der Waals surface area contributed by atoms with E-state index in [0.29, 0.717) is 30.0 Å². The van der Waals surface area contributed by atoms with Gasteiger partial charge in [0.25, 0.3) is 0 Å². The largest absolute Gasteiger partial charge is 0.382 e. The van der Waals surface area contributed by atoms with Crippen molar-refractivity contribution in [3.8, 4) is 23.5 Å². The average Bonchev–Trinajstić information content (AvgIpc) is 3.49. The minimum atomic E-state index is -0.126. The minimum Gasteiger partial charge on any atom is -0.382 e. The van der Waals surface area contributed by atoms with Crippen LogP contribution in [0.25, 0.3) is 21.3 Å². The fourth-order valence-electron chi connectivity index (χ4n) is 3.91. The Morgan fingerprint density at radius 3 is 2.69 bits per heavy atom. The number of anilines is 2. The zero-order valence-corrected chi connectivity index (χ0v) is 18.9. The number of hydrogen-bond donors (Lipinski definition) is 2. The predicted octanol–water partition coefficient (Wildman–Crippen LogP) is 5.51. The number of likely N-dealkylation sites (tertiary alicyclic amines) is 1. The predicted molar refractivity (Wildman–Crippen MR) is 132 cm³/mol. The molecule has 0 saturated carbocycles. The molecule has 8 heteroatoms. The topological polar surface area (TPSA) is 70.2 Å². The Kier molecular flexibility index (Phi) is 5.75. The van der Waals surface area contributed by atoms with Crippen LogP contribution in [0.2, 0.25) is 0 Å². The molecule has 1 saturated heterocycles. The van der Waals surface area contributed by atoms with Gasteiger partial charge in [-0.25, -0.2) is 14.8 Å². The quantitative estimate of drug-likeness (QED) is 0.395. The molecule has 0 spiro atoms. The first-order chi connectivity index (χ1) is 15.7. The number of piperidine rings is 1. The highest BCUT2D eigenvalue weighted by atomic mass is 32.1. The first-order valence-corrected chi connectivity index (χ1v) is 12.1. The Hall–Kier alpha value is -3.41. The van der Waals surface area contributed by atoms with E-state index in [1.54, 1.807) is 16.7 Å². The van der Waals surface area contributed by atoms with Gasteiger partial charge in [-0.3, -0.25) is 5.32 Å². The van der Waals surface area contributed by atoms with E-state index in [1.807, 2.05) is 16.5 Å². The van der Waals surface area contributed by atoms with Gasteiger partial charge in [0.1, 0.15) is 5.82 Å². The average molecular weight is 460 g/mol. The molecule has 3 heterocycles. The van der Waals surface area contributed by atoms with E-state index in [4.69, 9.17) is 6.42 Å². The second kappa shape index (κ2) is 8.99. The smallest absolute Gasteiger partial charge is 0.323 e. The summed E-state index contributed by atoms with van der Waals surface area (Å²) < 4.78 is 1.21. The minimum absolute atomic E-state index is 0.126. The van der Waals surface area contributed by atoms with Crippen molar-refractivity contribution in [2.45, 2.75) is 18.9 Å². The van der Waals surface area contributed by atoms with Crippen molar-refractivity contribution in [2.24, 2.45) is 0 Å². The number of nitrogens with one attached hydrogen (secondary N) is 2. The lowest BCUT2D eigenvalue weighted by Gasteiger charge is -2.32. The molecule has 5 rings (SSSR count). The highest BCUT2D eigenvalue weighted by Crippen LogP contribution is 2.32. The molecular formula is C24H21N5OS2. The Morgan fingerprint density at radius 1 is 1.12 bits per heavy atom. The molecule has 6 nitrogen and oxygen atoms in total. The molecule has 2 aromatic heterocycles. The highest BCUT2D eigenvalue weighted by molar-refractivity contribution is 7.17. The number of terminal acetylenes is 1. The SMILES string of the molecule is C#Cc1nc(NC(=O)N2CCC(Nc3ccc(-c4cccc5ncsc45)cc3)CC2)cs1. The van der Waals surface area contributed by atoms with Crippen LogP contribution in [0.15, 0.2) is 53.4 Å². The molecule has 1 aliphatic rings. The Bertz CT molecular complexity index is 1280. The summed E-state index contributed by atoms with van der Waals surface area (Å²) >= 11 is 3.02. The third kappa shape index (κ3) is 4.31. The van der Waals surface area contributed by atoms with Crippen molar-refractivity contribution in [1.82, 2.24) is 14.9 Å². The van der Waals surface area contributed by atoms with E-state index >= 15 is 0 Å². The fourth-order valence-corrected chi connectivity index (χ4v) is 5.29. The zero-order valence-electron chi connectivity index (χ0n) is 17.2. The third-order valence-corrected chi connectivity index (χ3v) is 7.22. The van der Waals surface area contributed by atoms with Gasteiger partial charge in [-0.15, -0.1) is 29.1 Å². The van der Waals surface area contributed by atoms with Gasteiger partial charge in [0.05, 0.1) is 15.7 Å².